The summed E-state index contributed by atoms with van der Waals surface area (Å²) in [6.07, 6.45) is 1.22. The van der Waals surface area contributed by atoms with Gasteiger partial charge >= 0.3 is 0 Å². The smallest absolute Gasteiger partial charge is 0.191 e. The van der Waals surface area contributed by atoms with E-state index in [-0.39, 0.29) is 35.5 Å². The summed E-state index contributed by atoms with van der Waals surface area (Å²) < 4.78 is 35.5. The number of hydrogen-bond donors (Lipinski definition) is 2. The van der Waals surface area contributed by atoms with Gasteiger partial charge in [0, 0.05) is 26.4 Å². The van der Waals surface area contributed by atoms with Crippen LogP contribution in [-0.4, -0.2) is 27.7 Å². The number of hydrogen-bond acceptors (Lipinski definition) is 3. The van der Waals surface area contributed by atoms with Gasteiger partial charge in [0.1, 0.15) is 5.82 Å². The Kier molecular flexibility index (Phi) is 9.00. The van der Waals surface area contributed by atoms with E-state index in [0.717, 1.165) is 16.7 Å². The molecule has 0 radical (unpaired) electrons. The molecule has 0 atom stereocenters. The Hall–Kier alpha value is -1.68. The summed E-state index contributed by atoms with van der Waals surface area (Å²) >= 11 is 0. The zero-order valence-corrected chi connectivity index (χ0v) is 17.8. The van der Waals surface area contributed by atoms with Crippen LogP contribution in [-0.2, 0) is 28.7 Å². The molecule has 0 aromatic heterocycles. The minimum atomic E-state index is -3.02. The molecular formula is C18H23FIN3O2S. The van der Waals surface area contributed by atoms with Crippen molar-refractivity contribution in [1.82, 2.24) is 10.6 Å². The Morgan fingerprint density at radius 1 is 0.923 bits per heavy atom. The monoisotopic (exact) mass is 491 g/mol. The van der Waals surface area contributed by atoms with E-state index in [1.807, 2.05) is 24.3 Å². The summed E-state index contributed by atoms with van der Waals surface area (Å²) in [4.78, 5) is 4.14. The third-order valence-corrected chi connectivity index (χ3v) is 4.37. The number of nitrogens with zero attached hydrogens (tertiary/aromatic N) is 1. The first kappa shape index (κ1) is 22.4. The van der Waals surface area contributed by atoms with Gasteiger partial charge in [-0.2, -0.15) is 0 Å². The molecule has 0 aliphatic carbocycles. The number of nitrogens with one attached hydrogen (secondary N) is 2. The summed E-state index contributed by atoms with van der Waals surface area (Å²) in [5.41, 5.74) is 2.74. The molecule has 2 rings (SSSR count). The number of halogens is 2. The summed E-state index contributed by atoms with van der Waals surface area (Å²) in [5.74, 6) is 0.414. The van der Waals surface area contributed by atoms with E-state index in [9.17, 15) is 12.8 Å². The molecule has 0 bridgehead atoms. The third-order valence-electron chi connectivity index (χ3n) is 3.51. The molecule has 0 saturated carbocycles. The summed E-state index contributed by atoms with van der Waals surface area (Å²) in [7, 11) is -1.35. The fourth-order valence-corrected chi connectivity index (χ4v) is 3.05. The van der Waals surface area contributed by atoms with E-state index < -0.39 is 9.84 Å². The van der Waals surface area contributed by atoms with Gasteiger partial charge in [-0.15, -0.1) is 24.0 Å². The topological polar surface area (TPSA) is 70.6 Å². The van der Waals surface area contributed by atoms with Crippen LogP contribution in [0.4, 0.5) is 4.39 Å². The first-order chi connectivity index (χ1) is 11.9. The molecular weight excluding hydrogens is 468 g/mol. The Bertz CT molecular complexity index is 823. The van der Waals surface area contributed by atoms with Gasteiger partial charge in [0.05, 0.1) is 5.75 Å². The van der Waals surface area contributed by atoms with E-state index >= 15 is 0 Å². The van der Waals surface area contributed by atoms with Crippen LogP contribution < -0.4 is 10.6 Å². The van der Waals surface area contributed by atoms with Gasteiger partial charge in [0.15, 0.2) is 15.8 Å². The van der Waals surface area contributed by atoms with Crippen molar-refractivity contribution in [2.24, 2.45) is 4.99 Å². The van der Waals surface area contributed by atoms with E-state index in [0.29, 0.717) is 19.0 Å². The van der Waals surface area contributed by atoms with Crippen molar-refractivity contribution in [1.29, 1.82) is 0 Å². The molecule has 2 aromatic carbocycles. The number of guanidine groups is 1. The molecule has 26 heavy (non-hydrogen) atoms. The third kappa shape index (κ3) is 8.13. The van der Waals surface area contributed by atoms with Crippen molar-refractivity contribution in [3.63, 3.8) is 0 Å². The van der Waals surface area contributed by atoms with Gasteiger partial charge in [0.25, 0.3) is 0 Å². The Morgan fingerprint density at radius 2 is 1.35 bits per heavy atom. The fraction of sp³-hybridized carbons (Fsp3) is 0.278. The van der Waals surface area contributed by atoms with Crippen molar-refractivity contribution in [3.05, 3.63) is 71.0 Å². The van der Waals surface area contributed by atoms with Gasteiger partial charge in [-0.1, -0.05) is 36.4 Å². The normalized spacial score (nSPS) is 11.6. The second-order valence-corrected chi connectivity index (χ2v) is 7.93. The fourth-order valence-electron chi connectivity index (χ4n) is 2.25. The van der Waals surface area contributed by atoms with E-state index in [2.05, 4.69) is 15.6 Å². The highest BCUT2D eigenvalue weighted by Gasteiger charge is 2.05. The number of aliphatic imine (C=N–C) groups is 1. The number of benzene rings is 2. The van der Waals surface area contributed by atoms with Crippen LogP contribution >= 0.6 is 24.0 Å². The minimum absolute atomic E-state index is 0. The van der Waals surface area contributed by atoms with Crippen molar-refractivity contribution >= 4 is 39.8 Å². The molecule has 8 heteroatoms. The van der Waals surface area contributed by atoms with Crippen LogP contribution in [0.5, 0.6) is 0 Å². The molecule has 0 aliphatic heterocycles. The van der Waals surface area contributed by atoms with E-state index in [1.54, 1.807) is 19.2 Å². The highest BCUT2D eigenvalue weighted by molar-refractivity contribution is 14.0. The molecule has 2 N–H and O–H groups in total. The van der Waals surface area contributed by atoms with Crippen LogP contribution in [0.3, 0.4) is 0 Å². The van der Waals surface area contributed by atoms with Crippen molar-refractivity contribution < 1.29 is 12.8 Å². The molecule has 142 valence electrons. The Labute approximate surface area is 171 Å². The maximum atomic E-state index is 12.9. The summed E-state index contributed by atoms with van der Waals surface area (Å²) in [5, 5.41) is 6.34. The second-order valence-electron chi connectivity index (χ2n) is 5.79. The zero-order chi connectivity index (χ0) is 18.3. The average molecular weight is 491 g/mol. The lowest BCUT2D eigenvalue weighted by Crippen LogP contribution is -2.36. The molecule has 0 spiro atoms. The predicted octanol–water partition coefficient (Wildman–Crippen LogP) is 2.85. The maximum absolute atomic E-state index is 12.9. The number of sulfone groups is 1. The highest BCUT2D eigenvalue weighted by atomic mass is 127. The Morgan fingerprint density at radius 3 is 1.77 bits per heavy atom. The second kappa shape index (κ2) is 10.5. The lowest BCUT2D eigenvalue weighted by molar-refractivity contribution is 0.601. The molecule has 0 fully saturated rings. The zero-order valence-electron chi connectivity index (χ0n) is 14.7. The largest absolute Gasteiger partial charge is 0.352 e. The van der Waals surface area contributed by atoms with E-state index in [1.165, 1.54) is 18.4 Å². The van der Waals surface area contributed by atoms with Crippen molar-refractivity contribution in [3.8, 4) is 0 Å². The lowest BCUT2D eigenvalue weighted by atomic mass is 10.1. The summed E-state index contributed by atoms with van der Waals surface area (Å²) in [6, 6.07) is 13.7. The van der Waals surface area contributed by atoms with Gasteiger partial charge in [-0.3, -0.25) is 4.99 Å². The Balaban J connectivity index is 0.00000338. The van der Waals surface area contributed by atoms with Crippen LogP contribution in [0.15, 0.2) is 53.5 Å². The predicted molar refractivity (Wildman–Crippen MR) is 114 cm³/mol. The number of rotatable bonds is 6. The SMILES string of the molecule is CN=C(NCc1ccc(F)cc1)NCc1ccc(CS(C)(=O)=O)cc1.I. The first-order valence-corrected chi connectivity index (χ1v) is 9.86. The molecule has 0 unspecified atom stereocenters. The molecule has 5 nitrogen and oxygen atoms in total. The molecule has 0 amide bonds. The van der Waals surface area contributed by atoms with E-state index in [4.69, 9.17) is 0 Å². The maximum Gasteiger partial charge on any atom is 0.191 e. The summed E-state index contributed by atoms with van der Waals surface area (Å²) in [6.45, 7) is 1.09. The molecule has 2 aromatic rings. The first-order valence-electron chi connectivity index (χ1n) is 7.80. The quantitative estimate of drug-likeness (QED) is 0.371. The van der Waals surface area contributed by atoms with Crippen LogP contribution in [0, 0.1) is 5.82 Å². The van der Waals surface area contributed by atoms with Crippen LogP contribution in [0.25, 0.3) is 0 Å². The van der Waals surface area contributed by atoms with Gasteiger partial charge in [-0.25, -0.2) is 12.8 Å². The van der Waals surface area contributed by atoms with Gasteiger partial charge in [-0.05, 0) is 28.8 Å². The lowest BCUT2D eigenvalue weighted by Gasteiger charge is -2.12. The molecule has 0 aliphatic rings. The average Bonchev–Trinajstić information content (AvgIpc) is 2.56. The van der Waals surface area contributed by atoms with Crippen molar-refractivity contribution in [2.75, 3.05) is 13.3 Å². The molecule has 0 saturated heterocycles. The minimum Gasteiger partial charge on any atom is -0.352 e. The van der Waals surface area contributed by atoms with Gasteiger partial charge < -0.3 is 10.6 Å². The van der Waals surface area contributed by atoms with Crippen LogP contribution in [0.2, 0.25) is 0 Å². The molecule has 0 heterocycles. The van der Waals surface area contributed by atoms with Crippen molar-refractivity contribution in [2.45, 2.75) is 18.8 Å². The van der Waals surface area contributed by atoms with Crippen LogP contribution in [0.1, 0.15) is 16.7 Å². The van der Waals surface area contributed by atoms with Gasteiger partial charge in [0.2, 0.25) is 0 Å². The highest BCUT2D eigenvalue weighted by Crippen LogP contribution is 2.08. The standard InChI is InChI=1S/C18H22FN3O2S.HI/c1-20-18(22-12-15-7-9-17(19)10-8-15)21-11-14-3-5-16(6-4-14)13-25(2,23)24;/h3-10H,11-13H2,1-2H3,(H2,20,21,22);1H.